The number of para-hydroxylation sites is 1. The van der Waals surface area contributed by atoms with Gasteiger partial charge in [0.2, 0.25) is 0 Å². The predicted molar refractivity (Wildman–Crippen MR) is 74.1 cm³/mol. The molecule has 0 heterocycles. The standard InChI is InChI=1S/C15H19NO4/c1-15(2,10-16)8-5-9-20-13-11(14(17)18)6-4-7-12(13)19-3/h4,6-7H,5,8-9H2,1-3H3,(H,17,18). The van der Waals surface area contributed by atoms with E-state index in [1.807, 2.05) is 13.8 Å². The van der Waals surface area contributed by atoms with Crippen LogP contribution in [0.2, 0.25) is 0 Å². The van der Waals surface area contributed by atoms with Crippen LogP contribution in [-0.4, -0.2) is 24.8 Å². The number of benzene rings is 1. The van der Waals surface area contributed by atoms with Crippen LogP contribution in [0.25, 0.3) is 0 Å². The van der Waals surface area contributed by atoms with Crippen LogP contribution in [0, 0.1) is 16.7 Å². The third-order valence-corrected chi connectivity index (χ3v) is 2.92. The molecule has 0 spiro atoms. The van der Waals surface area contributed by atoms with Gasteiger partial charge in [0, 0.05) is 0 Å². The maximum Gasteiger partial charge on any atom is 0.339 e. The molecule has 0 saturated heterocycles. The van der Waals surface area contributed by atoms with E-state index >= 15 is 0 Å². The minimum absolute atomic E-state index is 0.0730. The quantitative estimate of drug-likeness (QED) is 0.775. The first-order valence-corrected chi connectivity index (χ1v) is 6.35. The van der Waals surface area contributed by atoms with E-state index in [9.17, 15) is 4.79 Å². The summed E-state index contributed by atoms with van der Waals surface area (Å²) in [5, 5.41) is 18.1. The van der Waals surface area contributed by atoms with Crippen molar-refractivity contribution in [3.63, 3.8) is 0 Å². The Balaban J connectivity index is 2.72. The van der Waals surface area contributed by atoms with Crippen molar-refractivity contribution in [2.24, 2.45) is 5.41 Å². The average molecular weight is 277 g/mol. The molecule has 5 nitrogen and oxygen atoms in total. The van der Waals surface area contributed by atoms with Crippen molar-refractivity contribution in [3.05, 3.63) is 23.8 Å². The zero-order chi connectivity index (χ0) is 15.2. The molecule has 0 unspecified atom stereocenters. The van der Waals surface area contributed by atoms with E-state index in [0.717, 1.165) is 0 Å². The molecule has 20 heavy (non-hydrogen) atoms. The molecule has 1 aromatic rings. The van der Waals surface area contributed by atoms with Gasteiger partial charge in [0.25, 0.3) is 0 Å². The first kappa shape index (κ1) is 15.8. The number of nitriles is 1. The molecule has 0 radical (unpaired) electrons. The molecule has 0 amide bonds. The molecule has 108 valence electrons. The Morgan fingerprint density at radius 1 is 1.45 bits per heavy atom. The lowest BCUT2D eigenvalue weighted by Crippen LogP contribution is -2.11. The summed E-state index contributed by atoms with van der Waals surface area (Å²) in [6.07, 6.45) is 1.35. The topological polar surface area (TPSA) is 79.6 Å². The van der Waals surface area contributed by atoms with Crippen LogP contribution in [0.5, 0.6) is 11.5 Å². The van der Waals surface area contributed by atoms with Crippen LogP contribution in [0.4, 0.5) is 0 Å². The van der Waals surface area contributed by atoms with E-state index in [1.54, 1.807) is 12.1 Å². The van der Waals surface area contributed by atoms with Gasteiger partial charge in [0.15, 0.2) is 11.5 Å². The Morgan fingerprint density at radius 3 is 2.70 bits per heavy atom. The summed E-state index contributed by atoms with van der Waals surface area (Å²) >= 11 is 0. The van der Waals surface area contributed by atoms with Crippen molar-refractivity contribution in [2.45, 2.75) is 26.7 Å². The molecule has 0 bridgehead atoms. The van der Waals surface area contributed by atoms with Crippen LogP contribution in [0.3, 0.4) is 0 Å². The van der Waals surface area contributed by atoms with Crippen LogP contribution in [0.15, 0.2) is 18.2 Å². The molecule has 1 rings (SSSR count). The number of ether oxygens (including phenoxy) is 2. The normalized spacial score (nSPS) is 10.7. The van der Waals surface area contributed by atoms with Crippen molar-refractivity contribution >= 4 is 5.97 Å². The van der Waals surface area contributed by atoms with E-state index in [-0.39, 0.29) is 11.3 Å². The first-order valence-electron chi connectivity index (χ1n) is 6.35. The molecule has 0 aromatic heterocycles. The molecule has 0 saturated carbocycles. The van der Waals surface area contributed by atoms with E-state index in [2.05, 4.69) is 6.07 Å². The summed E-state index contributed by atoms with van der Waals surface area (Å²) in [6, 6.07) is 6.95. The number of rotatable bonds is 7. The van der Waals surface area contributed by atoms with Crippen molar-refractivity contribution in [1.82, 2.24) is 0 Å². The minimum Gasteiger partial charge on any atom is -0.493 e. The second kappa shape index (κ2) is 6.80. The molecule has 0 aliphatic rings. The number of aromatic carboxylic acids is 1. The van der Waals surface area contributed by atoms with Gasteiger partial charge < -0.3 is 14.6 Å². The molecule has 1 N–H and O–H groups in total. The van der Waals surface area contributed by atoms with Crippen LogP contribution < -0.4 is 9.47 Å². The molecule has 1 aromatic carbocycles. The fourth-order valence-corrected chi connectivity index (χ4v) is 1.74. The van der Waals surface area contributed by atoms with Gasteiger partial charge in [-0.05, 0) is 38.8 Å². The zero-order valence-electron chi connectivity index (χ0n) is 12.0. The largest absolute Gasteiger partial charge is 0.493 e. The van der Waals surface area contributed by atoms with Gasteiger partial charge in [-0.1, -0.05) is 6.07 Å². The smallest absolute Gasteiger partial charge is 0.339 e. The second-order valence-corrected chi connectivity index (χ2v) is 5.09. The number of methoxy groups -OCH3 is 1. The Labute approximate surface area is 118 Å². The maximum absolute atomic E-state index is 11.1. The monoisotopic (exact) mass is 277 g/mol. The van der Waals surface area contributed by atoms with Crippen molar-refractivity contribution in [2.75, 3.05) is 13.7 Å². The van der Waals surface area contributed by atoms with Crippen LogP contribution >= 0.6 is 0 Å². The fraction of sp³-hybridized carbons (Fsp3) is 0.467. The zero-order valence-corrected chi connectivity index (χ0v) is 12.0. The summed E-state index contributed by atoms with van der Waals surface area (Å²) in [6.45, 7) is 4.06. The third kappa shape index (κ3) is 4.16. The molecule has 0 aliphatic carbocycles. The van der Waals surface area contributed by atoms with Gasteiger partial charge in [-0.25, -0.2) is 4.79 Å². The highest BCUT2D eigenvalue weighted by molar-refractivity contribution is 5.92. The van der Waals surface area contributed by atoms with Crippen molar-refractivity contribution in [1.29, 1.82) is 5.26 Å². The van der Waals surface area contributed by atoms with Gasteiger partial charge in [0.1, 0.15) is 5.56 Å². The molecule has 0 atom stereocenters. The minimum atomic E-state index is -1.06. The second-order valence-electron chi connectivity index (χ2n) is 5.09. The third-order valence-electron chi connectivity index (χ3n) is 2.92. The van der Waals surface area contributed by atoms with E-state index < -0.39 is 11.4 Å². The number of carboxylic acids is 1. The lowest BCUT2D eigenvalue weighted by Gasteiger charge is -2.16. The van der Waals surface area contributed by atoms with Gasteiger partial charge in [0.05, 0.1) is 25.2 Å². The molecular formula is C15H19NO4. The Kier molecular flexibility index (Phi) is 5.39. The molecular weight excluding hydrogens is 258 g/mol. The first-order chi connectivity index (χ1) is 9.41. The van der Waals surface area contributed by atoms with E-state index in [0.29, 0.717) is 25.2 Å². The number of carbonyl (C=O) groups is 1. The number of carboxylic acid groups (broad SMARTS) is 1. The Morgan fingerprint density at radius 2 is 2.15 bits per heavy atom. The van der Waals surface area contributed by atoms with Crippen LogP contribution in [-0.2, 0) is 0 Å². The molecule has 0 fully saturated rings. The number of hydrogen-bond acceptors (Lipinski definition) is 4. The van der Waals surface area contributed by atoms with Crippen molar-refractivity contribution in [3.8, 4) is 17.6 Å². The lowest BCUT2D eigenvalue weighted by molar-refractivity contribution is 0.0691. The maximum atomic E-state index is 11.1. The summed E-state index contributed by atoms with van der Waals surface area (Å²) in [7, 11) is 1.46. The molecule has 0 aliphatic heterocycles. The van der Waals surface area contributed by atoms with E-state index in [4.69, 9.17) is 19.8 Å². The molecule has 5 heteroatoms. The summed E-state index contributed by atoms with van der Waals surface area (Å²) in [5.74, 6) is -0.432. The Bertz CT molecular complexity index is 517. The summed E-state index contributed by atoms with van der Waals surface area (Å²) in [4.78, 5) is 11.1. The lowest BCUT2D eigenvalue weighted by atomic mass is 9.90. The van der Waals surface area contributed by atoms with Gasteiger partial charge in [-0.15, -0.1) is 0 Å². The fourth-order valence-electron chi connectivity index (χ4n) is 1.74. The highest BCUT2D eigenvalue weighted by atomic mass is 16.5. The summed E-state index contributed by atoms with van der Waals surface area (Å²) < 4.78 is 10.7. The van der Waals surface area contributed by atoms with Gasteiger partial charge in [-0.2, -0.15) is 5.26 Å². The van der Waals surface area contributed by atoms with E-state index in [1.165, 1.54) is 13.2 Å². The van der Waals surface area contributed by atoms with Gasteiger partial charge >= 0.3 is 5.97 Å². The summed E-state index contributed by atoms with van der Waals surface area (Å²) in [5.41, 5.74) is -0.330. The Hall–Kier alpha value is -2.22. The highest BCUT2D eigenvalue weighted by Crippen LogP contribution is 2.31. The highest BCUT2D eigenvalue weighted by Gasteiger charge is 2.18. The SMILES string of the molecule is COc1cccc(C(=O)O)c1OCCCC(C)(C)C#N. The van der Waals surface area contributed by atoms with Crippen molar-refractivity contribution < 1.29 is 19.4 Å². The van der Waals surface area contributed by atoms with Crippen LogP contribution in [0.1, 0.15) is 37.0 Å². The van der Waals surface area contributed by atoms with Gasteiger partial charge in [-0.3, -0.25) is 0 Å². The number of nitrogens with zero attached hydrogens (tertiary/aromatic N) is 1. The number of hydrogen-bond donors (Lipinski definition) is 1. The average Bonchev–Trinajstić information content (AvgIpc) is 2.43. The predicted octanol–water partition coefficient (Wildman–Crippen LogP) is 3.10.